The molecule has 3 N–H and O–H groups in total. The molecule has 1 amide bonds. The molecule has 9 nitrogen and oxygen atoms in total. The van der Waals surface area contributed by atoms with Gasteiger partial charge in [0.2, 0.25) is 21.8 Å². The van der Waals surface area contributed by atoms with E-state index in [1.54, 1.807) is 5.10 Å². The van der Waals surface area contributed by atoms with Gasteiger partial charge >= 0.3 is 6.18 Å². The largest absolute Gasteiger partial charge is 0.495 e. The van der Waals surface area contributed by atoms with E-state index in [4.69, 9.17) is 4.74 Å². The summed E-state index contributed by atoms with van der Waals surface area (Å²) in [4.78, 5) is 15.4. The summed E-state index contributed by atoms with van der Waals surface area (Å²) < 4.78 is 71.6. The molecule has 0 saturated heterocycles. The third-order valence-electron chi connectivity index (χ3n) is 5.11. The molecule has 0 bridgehead atoms. The molecule has 2 atom stereocenters. The zero-order valence-corrected chi connectivity index (χ0v) is 17.6. The maximum atomic E-state index is 13.0. The third kappa shape index (κ3) is 5.34. The number of methoxy groups -OCH3 is 1. The van der Waals surface area contributed by atoms with E-state index in [9.17, 15) is 26.4 Å². The minimum Gasteiger partial charge on any atom is -0.495 e. The van der Waals surface area contributed by atoms with Gasteiger partial charge in [0.15, 0.2) is 0 Å². The zero-order valence-electron chi connectivity index (χ0n) is 16.8. The Morgan fingerprint density at radius 2 is 1.97 bits per heavy atom. The highest BCUT2D eigenvalue weighted by Gasteiger charge is 2.35. The first-order valence-corrected chi connectivity index (χ1v) is 11.0. The number of nitrogens with one attached hydrogen (secondary N) is 3. The van der Waals surface area contributed by atoms with Gasteiger partial charge in [-0.15, -0.1) is 5.10 Å². The number of anilines is 1. The van der Waals surface area contributed by atoms with Crippen molar-refractivity contribution in [1.82, 2.24) is 19.9 Å². The van der Waals surface area contributed by atoms with E-state index in [0.29, 0.717) is 6.42 Å². The summed E-state index contributed by atoms with van der Waals surface area (Å²) in [6, 6.07) is 3.44. The van der Waals surface area contributed by atoms with Crippen molar-refractivity contribution in [3.8, 4) is 5.75 Å². The standard InChI is InChI=1S/C18H22F3N5O4S/c1-10-5-3-4-6-12(10)26-31(28,29)14-9-11(7-8-13(14)30-2)15(27)22-17-23-16(24-25-17)18(19,20)21/h7-10,12,26H,3-6H2,1-2H3,(H2,22,23,24,25,27)/t10-,12-/m1/s1. The molecule has 1 aliphatic rings. The van der Waals surface area contributed by atoms with Gasteiger partial charge in [-0.05, 0) is 37.0 Å². The molecular weight excluding hydrogens is 439 g/mol. The second-order valence-corrected chi connectivity index (χ2v) is 9.00. The van der Waals surface area contributed by atoms with E-state index in [0.717, 1.165) is 25.3 Å². The molecule has 0 unspecified atom stereocenters. The number of ether oxygens (including phenoxy) is 1. The molecule has 1 aromatic heterocycles. The Kier molecular flexibility index (Phi) is 6.55. The van der Waals surface area contributed by atoms with Gasteiger partial charge in [0.05, 0.1) is 7.11 Å². The van der Waals surface area contributed by atoms with Crippen molar-refractivity contribution in [3.63, 3.8) is 0 Å². The molecule has 1 aromatic carbocycles. The minimum atomic E-state index is -4.75. The maximum absolute atomic E-state index is 13.0. The summed E-state index contributed by atoms with van der Waals surface area (Å²) in [5, 5.41) is 7.08. The molecule has 0 radical (unpaired) electrons. The van der Waals surface area contributed by atoms with E-state index in [1.165, 1.54) is 19.2 Å². The lowest BCUT2D eigenvalue weighted by Gasteiger charge is -2.29. The highest BCUT2D eigenvalue weighted by Crippen LogP contribution is 2.30. The minimum absolute atomic E-state index is 0.0322. The average molecular weight is 461 g/mol. The van der Waals surface area contributed by atoms with Crippen LogP contribution in [-0.4, -0.2) is 42.7 Å². The smallest absolute Gasteiger partial charge is 0.451 e. The number of rotatable bonds is 6. The number of carbonyl (C=O) groups excluding carboxylic acids is 1. The number of H-pyrrole nitrogens is 1. The van der Waals surface area contributed by atoms with Crippen LogP contribution in [0.2, 0.25) is 0 Å². The normalized spacial score (nSPS) is 19.8. The van der Waals surface area contributed by atoms with Gasteiger partial charge in [-0.2, -0.15) is 18.2 Å². The lowest BCUT2D eigenvalue weighted by Crippen LogP contribution is -2.41. The number of aromatic nitrogens is 3. The number of hydrogen-bond acceptors (Lipinski definition) is 6. The number of benzene rings is 1. The summed E-state index contributed by atoms with van der Waals surface area (Å²) in [5.41, 5.74) is -0.115. The lowest BCUT2D eigenvalue weighted by atomic mass is 9.87. The molecule has 1 heterocycles. The number of sulfonamides is 1. The third-order valence-corrected chi connectivity index (χ3v) is 6.62. The van der Waals surface area contributed by atoms with E-state index in [2.05, 4.69) is 20.1 Å². The van der Waals surface area contributed by atoms with Crippen LogP contribution < -0.4 is 14.8 Å². The first-order chi connectivity index (χ1) is 14.5. The van der Waals surface area contributed by atoms with E-state index in [1.807, 2.05) is 6.92 Å². The second-order valence-electron chi connectivity index (χ2n) is 7.31. The van der Waals surface area contributed by atoms with Crippen molar-refractivity contribution in [2.45, 2.75) is 49.7 Å². The van der Waals surface area contributed by atoms with Gasteiger partial charge in [0, 0.05) is 11.6 Å². The Bertz CT molecular complexity index is 1050. The van der Waals surface area contributed by atoms with E-state index < -0.39 is 33.9 Å². The molecule has 31 heavy (non-hydrogen) atoms. The molecule has 13 heteroatoms. The number of amides is 1. The average Bonchev–Trinajstić information content (AvgIpc) is 3.18. The Morgan fingerprint density at radius 1 is 1.26 bits per heavy atom. The first-order valence-electron chi connectivity index (χ1n) is 9.52. The molecule has 0 spiro atoms. The van der Waals surface area contributed by atoms with Crippen LogP contribution in [0.25, 0.3) is 0 Å². The predicted molar refractivity (Wildman–Crippen MR) is 104 cm³/mol. The number of nitrogens with zero attached hydrogens (tertiary/aromatic N) is 2. The van der Waals surface area contributed by atoms with Crippen molar-refractivity contribution in [1.29, 1.82) is 0 Å². The number of hydrogen-bond donors (Lipinski definition) is 3. The first kappa shape index (κ1) is 23.0. The van der Waals surface area contributed by atoms with Crippen LogP contribution >= 0.6 is 0 Å². The quantitative estimate of drug-likeness (QED) is 0.607. The summed E-state index contributed by atoms with van der Waals surface area (Å²) in [5.74, 6) is -2.64. The van der Waals surface area contributed by atoms with Crippen LogP contribution in [0.4, 0.5) is 19.1 Å². The van der Waals surface area contributed by atoms with Crippen molar-refractivity contribution in [2.24, 2.45) is 5.92 Å². The second kappa shape index (κ2) is 8.83. The summed E-state index contributed by atoms with van der Waals surface area (Å²) in [6.45, 7) is 1.97. The summed E-state index contributed by atoms with van der Waals surface area (Å²) >= 11 is 0. The number of halogens is 3. The molecule has 2 aromatic rings. The summed E-state index contributed by atoms with van der Waals surface area (Å²) in [6.07, 6.45) is -1.19. The predicted octanol–water partition coefficient (Wildman–Crippen LogP) is 2.94. The molecule has 1 saturated carbocycles. The van der Waals surface area contributed by atoms with Crippen LogP contribution in [0, 0.1) is 5.92 Å². The fourth-order valence-electron chi connectivity index (χ4n) is 3.40. The lowest BCUT2D eigenvalue weighted by molar-refractivity contribution is -0.144. The molecule has 170 valence electrons. The SMILES string of the molecule is COc1ccc(C(=O)Nc2n[nH]c(C(F)(F)F)n2)cc1S(=O)(=O)N[C@@H]1CCCC[C@H]1C. The Morgan fingerprint density at radius 3 is 2.58 bits per heavy atom. The molecular formula is C18H22F3N5O4S. The molecule has 0 aliphatic heterocycles. The molecule has 1 fully saturated rings. The van der Waals surface area contributed by atoms with E-state index >= 15 is 0 Å². The number of alkyl halides is 3. The van der Waals surface area contributed by atoms with Gasteiger partial charge in [-0.1, -0.05) is 19.8 Å². The van der Waals surface area contributed by atoms with Crippen LogP contribution in [-0.2, 0) is 16.2 Å². The van der Waals surface area contributed by atoms with Gasteiger partial charge in [0.1, 0.15) is 10.6 Å². The topological polar surface area (TPSA) is 126 Å². The monoisotopic (exact) mass is 461 g/mol. The summed E-state index contributed by atoms with van der Waals surface area (Å²) in [7, 11) is -2.73. The van der Waals surface area contributed by atoms with Crippen LogP contribution in [0.15, 0.2) is 23.1 Å². The van der Waals surface area contributed by atoms with Crippen molar-refractivity contribution >= 4 is 21.9 Å². The highest BCUT2D eigenvalue weighted by molar-refractivity contribution is 7.89. The maximum Gasteiger partial charge on any atom is 0.451 e. The van der Waals surface area contributed by atoms with Crippen molar-refractivity contribution < 1.29 is 31.1 Å². The Balaban J connectivity index is 1.84. The van der Waals surface area contributed by atoms with Gasteiger partial charge in [-0.3, -0.25) is 15.2 Å². The van der Waals surface area contributed by atoms with Crippen molar-refractivity contribution in [3.05, 3.63) is 29.6 Å². The molecule has 3 rings (SSSR count). The number of carbonyl (C=O) groups is 1. The highest BCUT2D eigenvalue weighted by atomic mass is 32.2. The fraction of sp³-hybridized carbons (Fsp3) is 0.500. The van der Waals surface area contributed by atoms with Crippen LogP contribution in [0.1, 0.15) is 48.8 Å². The van der Waals surface area contributed by atoms with Crippen LogP contribution in [0.3, 0.4) is 0 Å². The van der Waals surface area contributed by atoms with Gasteiger partial charge < -0.3 is 4.74 Å². The van der Waals surface area contributed by atoms with Crippen LogP contribution in [0.5, 0.6) is 5.75 Å². The Hall–Kier alpha value is -2.67. The fourth-order valence-corrected chi connectivity index (χ4v) is 4.97. The molecule has 1 aliphatic carbocycles. The number of aromatic amines is 1. The van der Waals surface area contributed by atoms with Gasteiger partial charge in [-0.25, -0.2) is 13.1 Å². The van der Waals surface area contributed by atoms with E-state index in [-0.39, 0.29) is 28.2 Å². The van der Waals surface area contributed by atoms with Crippen molar-refractivity contribution in [2.75, 3.05) is 12.4 Å². The zero-order chi connectivity index (χ0) is 22.8. The van der Waals surface area contributed by atoms with Gasteiger partial charge in [0.25, 0.3) is 5.91 Å². The Labute approximate surface area is 176 Å².